The number of hydrogen-bond acceptors (Lipinski definition) is 2. The SMILES string of the molecule is COc1c(C)cc(CC(F)(F)CN)cc1C. The maximum Gasteiger partial charge on any atom is 0.264 e. The van der Waals surface area contributed by atoms with E-state index in [2.05, 4.69) is 0 Å². The second-order valence-electron chi connectivity index (χ2n) is 4.00. The zero-order valence-electron chi connectivity index (χ0n) is 9.81. The summed E-state index contributed by atoms with van der Waals surface area (Å²) in [5.74, 6) is -2.09. The van der Waals surface area contributed by atoms with Crippen LogP contribution in [0, 0.1) is 13.8 Å². The zero-order valence-corrected chi connectivity index (χ0v) is 9.81. The van der Waals surface area contributed by atoms with Gasteiger partial charge in [-0.05, 0) is 30.5 Å². The molecule has 0 aromatic heterocycles. The van der Waals surface area contributed by atoms with Crippen LogP contribution in [0.2, 0.25) is 0 Å². The van der Waals surface area contributed by atoms with Crippen molar-refractivity contribution in [2.75, 3.05) is 13.7 Å². The number of methoxy groups -OCH3 is 1. The standard InChI is InChI=1S/C12H17F2NO/c1-8-4-10(6-12(13,14)7-15)5-9(2)11(8)16-3/h4-5H,6-7,15H2,1-3H3. The molecule has 0 saturated heterocycles. The predicted octanol–water partition coefficient (Wildman–Crippen LogP) is 2.45. The van der Waals surface area contributed by atoms with E-state index in [0.29, 0.717) is 5.56 Å². The molecule has 0 aliphatic heterocycles. The highest BCUT2D eigenvalue weighted by molar-refractivity contribution is 5.43. The molecule has 90 valence electrons. The van der Waals surface area contributed by atoms with Crippen molar-refractivity contribution in [1.29, 1.82) is 0 Å². The number of rotatable bonds is 4. The van der Waals surface area contributed by atoms with Crippen molar-refractivity contribution in [3.05, 3.63) is 28.8 Å². The quantitative estimate of drug-likeness (QED) is 0.860. The van der Waals surface area contributed by atoms with Crippen LogP contribution < -0.4 is 10.5 Å². The molecule has 2 nitrogen and oxygen atoms in total. The van der Waals surface area contributed by atoms with Gasteiger partial charge in [0.1, 0.15) is 5.75 Å². The van der Waals surface area contributed by atoms with Gasteiger partial charge in [0.25, 0.3) is 5.92 Å². The molecular weight excluding hydrogens is 212 g/mol. The Hall–Kier alpha value is -1.16. The van der Waals surface area contributed by atoms with E-state index in [1.54, 1.807) is 19.2 Å². The van der Waals surface area contributed by atoms with Gasteiger partial charge in [-0.15, -0.1) is 0 Å². The maximum absolute atomic E-state index is 13.1. The number of halogens is 2. The van der Waals surface area contributed by atoms with E-state index >= 15 is 0 Å². The fourth-order valence-electron chi connectivity index (χ4n) is 1.83. The molecule has 0 saturated carbocycles. The lowest BCUT2D eigenvalue weighted by atomic mass is 10.0. The van der Waals surface area contributed by atoms with Crippen LogP contribution in [0.1, 0.15) is 16.7 Å². The number of aryl methyl sites for hydroxylation is 2. The maximum atomic E-state index is 13.1. The average molecular weight is 229 g/mol. The Labute approximate surface area is 94.4 Å². The molecule has 4 heteroatoms. The molecule has 0 radical (unpaired) electrons. The van der Waals surface area contributed by atoms with Crippen LogP contribution in [-0.2, 0) is 6.42 Å². The summed E-state index contributed by atoms with van der Waals surface area (Å²) in [6, 6.07) is 3.44. The van der Waals surface area contributed by atoms with Crippen molar-refractivity contribution in [3.8, 4) is 5.75 Å². The first-order valence-corrected chi connectivity index (χ1v) is 5.11. The van der Waals surface area contributed by atoms with Crippen LogP contribution in [0.25, 0.3) is 0 Å². The Morgan fingerprint density at radius 3 is 2.12 bits per heavy atom. The molecule has 0 atom stereocenters. The van der Waals surface area contributed by atoms with Crippen LogP contribution in [0.5, 0.6) is 5.75 Å². The highest BCUT2D eigenvalue weighted by Gasteiger charge is 2.27. The third kappa shape index (κ3) is 2.92. The minimum absolute atomic E-state index is 0.324. The van der Waals surface area contributed by atoms with Gasteiger partial charge in [0.05, 0.1) is 13.7 Å². The summed E-state index contributed by atoms with van der Waals surface area (Å²) >= 11 is 0. The predicted molar refractivity (Wildman–Crippen MR) is 60.2 cm³/mol. The topological polar surface area (TPSA) is 35.2 Å². The molecule has 0 unspecified atom stereocenters. The molecule has 0 amide bonds. The van der Waals surface area contributed by atoms with Gasteiger partial charge in [-0.25, -0.2) is 8.78 Å². The van der Waals surface area contributed by atoms with Crippen molar-refractivity contribution in [2.45, 2.75) is 26.2 Å². The average Bonchev–Trinajstić information content (AvgIpc) is 2.16. The Bertz CT molecular complexity index is 354. The first-order valence-electron chi connectivity index (χ1n) is 5.11. The van der Waals surface area contributed by atoms with Crippen molar-refractivity contribution in [1.82, 2.24) is 0 Å². The Balaban J connectivity index is 3.00. The fourth-order valence-corrected chi connectivity index (χ4v) is 1.83. The molecule has 2 N–H and O–H groups in total. The zero-order chi connectivity index (χ0) is 12.3. The lowest BCUT2D eigenvalue weighted by Gasteiger charge is -2.16. The van der Waals surface area contributed by atoms with Crippen LogP contribution in [0.3, 0.4) is 0 Å². The van der Waals surface area contributed by atoms with E-state index in [1.165, 1.54) is 0 Å². The van der Waals surface area contributed by atoms with E-state index < -0.39 is 12.5 Å². The molecule has 0 aliphatic carbocycles. The molecule has 16 heavy (non-hydrogen) atoms. The Kier molecular flexibility index (Phi) is 3.86. The minimum Gasteiger partial charge on any atom is -0.496 e. The lowest BCUT2D eigenvalue weighted by Crippen LogP contribution is -2.30. The van der Waals surface area contributed by atoms with E-state index in [4.69, 9.17) is 10.5 Å². The lowest BCUT2D eigenvalue weighted by molar-refractivity contribution is 0.0115. The van der Waals surface area contributed by atoms with Gasteiger partial charge in [0.2, 0.25) is 0 Å². The van der Waals surface area contributed by atoms with Gasteiger partial charge >= 0.3 is 0 Å². The molecule has 0 fully saturated rings. The van der Waals surface area contributed by atoms with Crippen LogP contribution in [0.15, 0.2) is 12.1 Å². The van der Waals surface area contributed by atoms with Gasteiger partial charge < -0.3 is 10.5 Å². The normalized spacial score (nSPS) is 11.6. The summed E-state index contributed by atoms with van der Waals surface area (Å²) in [7, 11) is 1.57. The highest BCUT2D eigenvalue weighted by Crippen LogP contribution is 2.27. The summed E-state index contributed by atoms with van der Waals surface area (Å²) in [5.41, 5.74) is 7.33. The molecule has 0 bridgehead atoms. The van der Waals surface area contributed by atoms with E-state index in [0.717, 1.165) is 16.9 Å². The second kappa shape index (κ2) is 4.78. The van der Waals surface area contributed by atoms with Crippen LogP contribution in [-0.4, -0.2) is 19.6 Å². The molecule has 0 aliphatic rings. The molecule has 0 spiro atoms. The number of benzene rings is 1. The van der Waals surface area contributed by atoms with E-state index in [1.807, 2.05) is 13.8 Å². The van der Waals surface area contributed by atoms with Crippen molar-refractivity contribution < 1.29 is 13.5 Å². The van der Waals surface area contributed by atoms with E-state index in [-0.39, 0.29) is 6.42 Å². The van der Waals surface area contributed by atoms with Gasteiger partial charge in [0.15, 0.2) is 0 Å². The summed E-state index contributed by atoms with van der Waals surface area (Å²) in [5, 5.41) is 0. The highest BCUT2D eigenvalue weighted by atomic mass is 19.3. The number of nitrogens with two attached hydrogens (primary N) is 1. The molecule has 1 aromatic rings. The second-order valence-corrected chi connectivity index (χ2v) is 4.00. The van der Waals surface area contributed by atoms with Gasteiger partial charge in [-0.2, -0.15) is 0 Å². The van der Waals surface area contributed by atoms with Gasteiger partial charge in [0, 0.05) is 6.42 Å². The summed E-state index contributed by atoms with van der Waals surface area (Å²) in [6.45, 7) is 3.06. The Morgan fingerprint density at radius 1 is 1.25 bits per heavy atom. The minimum atomic E-state index is -2.84. The van der Waals surface area contributed by atoms with Crippen LogP contribution >= 0.6 is 0 Å². The third-order valence-corrected chi connectivity index (χ3v) is 2.49. The number of ether oxygens (including phenoxy) is 1. The molecular formula is C12H17F2NO. The monoisotopic (exact) mass is 229 g/mol. The smallest absolute Gasteiger partial charge is 0.264 e. The summed E-state index contributed by atoms with van der Waals surface area (Å²) in [6.07, 6.45) is -0.324. The Morgan fingerprint density at radius 2 is 1.75 bits per heavy atom. The summed E-state index contributed by atoms with van der Waals surface area (Å²) in [4.78, 5) is 0. The van der Waals surface area contributed by atoms with Crippen molar-refractivity contribution in [2.24, 2.45) is 5.73 Å². The summed E-state index contributed by atoms with van der Waals surface area (Å²) < 4.78 is 31.4. The van der Waals surface area contributed by atoms with Gasteiger partial charge in [-0.3, -0.25) is 0 Å². The molecule has 1 rings (SSSR count). The van der Waals surface area contributed by atoms with E-state index in [9.17, 15) is 8.78 Å². The van der Waals surface area contributed by atoms with Crippen molar-refractivity contribution in [3.63, 3.8) is 0 Å². The molecule has 1 aromatic carbocycles. The largest absolute Gasteiger partial charge is 0.496 e. The fraction of sp³-hybridized carbons (Fsp3) is 0.500. The molecule has 0 heterocycles. The third-order valence-electron chi connectivity index (χ3n) is 2.49. The number of alkyl halides is 2. The van der Waals surface area contributed by atoms with Crippen LogP contribution in [0.4, 0.5) is 8.78 Å². The first-order chi connectivity index (χ1) is 7.39. The number of hydrogen-bond donors (Lipinski definition) is 1. The van der Waals surface area contributed by atoms with Gasteiger partial charge in [-0.1, -0.05) is 12.1 Å². The van der Waals surface area contributed by atoms with Crippen molar-refractivity contribution >= 4 is 0 Å². The first kappa shape index (κ1) is 12.9.